The van der Waals surface area contributed by atoms with Crippen molar-refractivity contribution in [1.29, 1.82) is 0 Å². The molecule has 2 nitrogen and oxygen atoms in total. The third kappa shape index (κ3) is 1.61. The first-order valence-corrected chi connectivity index (χ1v) is 6.14. The standard InChI is InChI=1S/C16H15NO/c1-10-8-11(2)15-13(9-10)14(16(18)17-15)12-6-4-3-5-7-12/h3-9,14H,1-2H3,(H,17,18). The van der Waals surface area contributed by atoms with Gasteiger partial charge in [0.1, 0.15) is 0 Å². The molecule has 1 aliphatic rings. The first kappa shape index (κ1) is 11.0. The molecule has 1 N–H and O–H groups in total. The minimum Gasteiger partial charge on any atom is -0.325 e. The molecule has 3 rings (SSSR count). The van der Waals surface area contributed by atoms with E-state index in [9.17, 15) is 4.79 Å². The molecule has 1 aliphatic heterocycles. The molecule has 2 aromatic carbocycles. The number of hydrogen-bond donors (Lipinski definition) is 1. The number of benzene rings is 2. The van der Waals surface area contributed by atoms with Gasteiger partial charge in [0.15, 0.2) is 0 Å². The molecule has 0 saturated heterocycles. The lowest BCUT2D eigenvalue weighted by molar-refractivity contribution is -0.116. The van der Waals surface area contributed by atoms with Crippen molar-refractivity contribution in [3.63, 3.8) is 0 Å². The molecule has 90 valence electrons. The van der Waals surface area contributed by atoms with Gasteiger partial charge < -0.3 is 5.32 Å². The molecule has 1 unspecified atom stereocenters. The van der Waals surface area contributed by atoms with E-state index >= 15 is 0 Å². The monoisotopic (exact) mass is 237 g/mol. The van der Waals surface area contributed by atoms with E-state index in [1.54, 1.807) is 0 Å². The highest BCUT2D eigenvalue weighted by molar-refractivity contribution is 6.05. The van der Waals surface area contributed by atoms with E-state index in [1.807, 2.05) is 37.3 Å². The second kappa shape index (κ2) is 3.98. The van der Waals surface area contributed by atoms with Crippen LogP contribution >= 0.6 is 0 Å². The Bertz CT molecular complexity index is 616. The number of amides is 1. The van der Waals surface area contributed by atoms with Gasteiger partial charge in [0.25, 0.3) is 0 Å². The molecular weight excluding hydrogens is 222 g/mol. The Kier molecular flexibility index (Phi) is 2.44. The van der Waals surface area contributed by atoms with Crippen LogP contribution in [0.4, 0.5) is 5.69 Å². The lowest BCUT2D eigenvalue weighted by Gasteiger charge is -2.10. The topological polar surface area (TPSA) is 29.1 Å². The summed E-state index contributed by atoms with van der Waals surface area (Å²) in [6.45, 7) is 4.11. The van der Waals surface area contributed by atoms with Gasteiger partial charge in [0.05, 0.1) is 5.92 Å². The molecule has 0 aliphatic carbocycles. The van der Waals surface area contributed by atoms with Crippen LogP contribution in [0, 0.1) is 13.8 Å². The summed E-state index contributed by atoms with van der Waals surface area (Å²) in [6, 6.07) is 14.2. The zero-order valence-corrected chi connectivity index (χ0v) is 10.5. The molecule has 1 amide bonds. The summed E-state index contributed by atoms with van der Waals surface area (Å²) in [4.78, 5) is 12.2. The van der Waals surface area contributed by atoms with Gasteiger partial charge in [-0.15, -0.1) is 0 Å². The average Bonchev–Trinajstić information content (AvgIpc) is 2.67. The molecule has 1 heterocycles. The van der Waals surface area contributed by atoms with E-state index in [4.69, 9.17) is 0 Å². The van der Waals surface area contributed by atoms with Crippen molar-refractivity contribution in [2.24, 2.45) is 0 Å². The fraction of sp³-hybridized carbons (Fsp3) is 0.188. The summed E-state index contributed by atoms with van der Waals surface area (Å²) in [7, 11) is 0. The van der Waals surface area contributed by atoms with E-state index in [-0.39, 0.29) is 11.8 Å². The van der Waals surface area contributed by atoms with Crippen LogP contribution in [0.25, 0.3) is 0 Å². The summed E-state index contributed by atoms with van der Waals surface area (Å²) in [5.74, 6) is -0.0929. The van der Waals surface area contributed by atoms with Gasteiger partial charge in [0.2, 0.25) is 5.91 Å². The Balaban J connectivity index is 2.18. The third-order valence-corrected chi connectivity index (χ3v) is 3.46. The van der Waals surface area contributed by atoms with Crippen LogP contribution in [0.1, 0.15) is 28.2 Å². The lowest BCUT2D eigenvalue weighted by atomic mass is 9.90. The van der Waals surface area contributed by atoms with Crippen molar-refractivity contribution in [3.8, 4) is 0 Å². The second-order valence-corrected chi connectivity index (χ2v) is 4.88. The fourth-order valence-electron chi connectivity index (χ4n) is 2.71. The molecule has 0 aromatic heterocycles. The van der Waals surface area contributed by atoms with Crippen LogP contribution in [0.15, 0.2) is 42.5 Å². The number of carbonyl (C=O) groups is 1. The van der Waals surface area contributed by atoms with Crippen molar-refractivity contribution >= 4 is 11.6 Å². The number of carbonyl (C=O) groups excluding carboxylic acids is 1. The fourth-order valence-corrected chi connectivity index (χ4v) is 2.71. The van der Waals surface area contributed by atoms with Crippen LogP contribution in [0.2, 0.25) is 0 Å². The molecule has 0 saturated carbocycles. The van der Waals surface area contributed by atoms with Crippen LogP contribution in [-0.4, -0.2) is 5.91 Å². The summed E-state index contributed by atoms with van der Waals surface area (Å²) in [5, 5.41) is 3.00. The molecule has 0 fully saturated rings. The van der Waals surface area contributed by atoms with Crippen LogP contribution in [-0.2, 0) is 4.79 Å². The Morgan fingerprint density at radius 3 is 2.50 bits per heavy atom. The number of fused-ring (bicyclic) bond motifs is 1. The first-order valence-electron chi connectivity index (χ1n) is 6.14. The predicted molar refractivity (Wildman–Crippen MR) is 72.8 cm³/mol. The van der Waals surface area contributed by atoms with E-state index < -0.39 is 0 Å². The van der Waals surface area contributed by atoms with E-state index in [0.29, 0.717) is 0 Å². The number of nitrogens with one attached hydrogen (secondary N) is 1. The van der Waals surface area contributed by atoms with Gasteiger partial charge in [0, 0.05) is 5.69 Å². The van der Waals surface area contributed by atoms with Crippen LogP contribution in [0.5, 0.6) is 0 Å². The SMILES string of the molecule is Cc1cc(C)c2c(c1)C(c1ccccc1)C(=O)N2. The maximum atomic E-state index is 12.2. The van der Waals surface area contributed by atoms with Gasteiger partial charge in [-0.25, -0.2) is 0 Å². The number of rotatable bonds is 1. The highest BCUT2D eigenvalue weighted by Crippen LogP contribution is 2.39. The van der Waals surface area contributed by atoms with Gasteiger partial charge in [-0.3, -0.25) is 4.79 Å². The third-order valence-electron chi connectivity index (χ3n) is 3.46. The zero-order chi connectivity index (χ0) is 12.7. The number of aryl methyl sites for hydroxylation is 2. The van der Waals surface area contributed by atoms with Crippen molar-refractivity contribution in [2.45, 2.75) is 19.8 Å². The highest BCUT2D eigenvalue weighted by atomic mass is 16.2. The van der Waals surface area contributed by atoms with Gasteiger partial charge >= 0.3 is 0 Å². The quantitative estimate of drug-likeness (QED) is 0.809. The van der Waals surface area contributed by atoms with Gasteiger partial charge in [-0.2, -0.15) is 0 Å². The molecule has 18 heavy (non-hydrogen) atoms. The second-order valence-electron chi connectivity index (χ2n) is 4.88. The molecule has 0 bridgehead atoms. The summed E-state index contributed by atoms with van der Waals surface area (Å²) in [6.07, 6.45) is 0. The van der Waals surface area contributed by atoms with Crippen LogP contribution < -0.4 is 5.32 Å². The molecule has 2 aromatic rings. The molecule has 0 spiro atoms. The zero-order valence-electron chi connectivity index (χ0n) is 10.5. The smallest absolute Gasteiger partial charge is 0.236 e. The minimum absolute atomic E-state index is 0.0740. The normalized spacial score (nSPS) is 17.4. The minimum atomic E-state index is -0.167. The first-order chi connectivity index (χ1) is 8.66. The number of hydrogen-bond acceptors (Lipinski definition) is 1. The molecular formula is C16H15NO. The average molecular weight is 237 g/mol. The lowest BCUT2D eigenvalue weighted by Crippen LogP contribution is -2.13. The Morgan fingerprint density at radius 2 is 1.78 bits per heavy atom. The van der Waals surface area contributed by atoms with Gasteiger partial charge in [-0.05, 0) is 30.5 Å². The van der Waals surface area contributed by atoms with Crippen molar-refractivity contribution < 1.29 is 4.79 Å². The van der Waals surface area contributed by atoms with Crippen LogP contribution in [0.3, 0.4) is 0 Å². The molecule has 1 atom stereocenters. The summed E-state index contributed by atoms with van der Waals surface area (Å²) < 4.78 is 0. The van der Waals surface area contributed by atoms with Crippen molar-refractivity contribution in [1.82, 2.24) is 0 Å². The van der Waals surface area contributed by atoms with E-state index in [0.717, 1.165) is 22.4 Å². The van der Waals surface area contributed by atoms with Crippen molar-refractivity contribution in [2.75, 3.05) is 5.32 Å². The Hall–Kier alpha value is -2.09. The summed E-state index contributed by atoms with van der Waals surface area (Å²) >= 11 is 0. The summed E-state index contributed by atoms with van der Waals surface area (Å²) in [5.41, 5.74) is 5.47. The predicted octanol–water partition coefficient (Wildman–Crippen LogP) is 3.39. The largest absolute Gasteiger partial charge is 0.325 e. The van der Waals surface area contributed by atoms with E-state index in [2.05, 4.69) is 24.4 Å². The highest BCUT2D eigenvalue weighted by Gasteiger charge is 2.32. The van der Waals surface area contributed by atoms with E-state index in [1.165, 1.54) is 5.56 Å². The number of anilines is 1. The van der Waals surface area contributed by atoms with Crippen molar-refractivity contribution in [3.05, 3.63) is 64.7 Å². The molecule has 2 heteroatoms. The Labute approximate surface area is 107 Å². The maximum Gasteiger partial charge on any atom is 0.236 e. The maximum absolute atomic E-state index is 12.2. The molecule has 0 radical (unpaired) electrons. The Morgan fingerprint density at radius 1 is 1.06 bits per heavy atom. The van der Waals surface area contributed by atoms with Gasteiger partial charge in [-0.1, -0.05) is 48.0 Å².